The molecule has 20 heavy (non-hydrogen) atoms. The van der Waals surface area contributed by atoms with Crippen molar-refractivity contribution in [2.45, 2.75) is 32.0 Å². The maximum absolute atomic E-state index is 12.6. The van der Waals surface area contributed by atoms with Gasteiger partial charge in [0, 0.05) is 18.4 Å². The van der Waals surface area contributed by atoms with E-state index >= 15 is 0 Å². The van der Waals surface area contributed by atoms with Crippen molar-refractivity contribution in [3.8, 4) is 0 Å². The van der Waals surface area contributed by atoms with Gasteiger partial charge in [0.05, 0.1) is 17.6 Å². The fourth-order valence-electron chi connectivity index (χ4n) is 2.58. The molecule has 0 saturated carbocycles. The van der Waals surface area contributed by atoms with Gasteiger partial charge in [0.2, 0.25) is 5.91 Å². The van der Waals surface area contributed by atoms with Gasteiger partial charge in [-0.3, -0.25) is 9.89 Å². The van der Waals surface area contributed by atoms with Gasteiger partial charge in [0.15, 0.2) is 0 Å². The number of hydrogen-bond acceptors (Lipinski definition) is 2. The van der Waals surface area contributed by atoms with Crippen LogP contribution in [0.25, 0.3) is 10.9 Å². The largest absolute Gasteiger partial charge is 0.394 e. The second-order valence-corrected chi connectivity index (χ2v) is 4.87. The Morgan fingerprint density at radius 2 is 2.05 bits per heavy atom. The number of nitrogens with one attached hydrogen (secondary N) is 2. The van der Waals surface area contributed by atoms with Crippen molar-refractivity contribution >= 4 is 16.8 Å². The molecule has 0 spiro atoms. The number of carbonyl (C=O) groups excluding carboxylic acids is 1. The van der Waals surface area contributed by atoms with Gasteiger partial charge in [-0.25, -0.2) is 0 Å². The minimum absolute atomic E-state index is 0.0560. The molecule has 106 valence electrons. The molecule has 2 N–H and O–H groups in total. The smallest absolute Gasteiger partial charge is 0.352 e. The van der Waals surface area contributed by atoms with Crippen LogP contribution in [0.1, 0.15) is 23.2 Å². The summed E-state index contributed by atoms with van der Waals surface area (Å²) in [4.78, 5) is 11.4. The molecule has 7 heteroatoms. The van der Waals surface area contributed by atoms with Gasteiger partial charge in [-0.1, -0.05) is 6.07 Å². The van der Waals surface area contributed by atoms with E-state index in [-0.39, 0.29) is 18.1 Å². The minimum atomic E-state index is -4.30. The summed E-state index contributed by atoms with van der Waals surface area (Å²) in [5.74, 6) is -0.0878. The number of amides is 1. The first-order valence-electron chi connectivity index (χ1n) is 6.25. The average Bonchev–Trinajstić information content (AvgIpc) is 2.65. The quantitative estimate of drug-likeness (QED) is 0.843. The predicted octanol–water partition coefficient (Wildman–Crippen LogP) is 2.23. The lowest BCUT2D eigenvalue weighted by Gasteiger charge is -2.09. The summed E-state index contributed by atoms with van der Waals surface area (Å²) < 4.78 is 37.8. The Hall–Kier alpha value is -2.05. The molecule has 0 atom stereocenters. The van der Waals surface area contributed by atoms with Gasteiger partial charge in [-0.2, -0.15) is 18.3 Å². The standard InChI is InChI=1S/C13H12F3N3O/c14-13(15,16)5-10-12-8-6-17-11(20)4-2-7(8)1-3-9(12)18-19-10/h1,3H,2,4-6H2,(H,17,20)(H,18,19). The van der Waals surface area contributed by atoms with E-state index in [2.05, 4.69) is 15.5 Å². The van der Waals surface area contributed by atoms with Crippen molar-refractivity contribution in [2.75, 3.05) is 0 Å². The Morgan fingerprint density at radius 3 is 2.80 bits per heavy atom. The van der Waals surface area contributed by atoms with E-state index < -0.39 is 12.6 Å². The molecule has 4 nitrogen and oxygen atoms in total. The van der Waals surface area contributed by atoms with Crippen molar-refractivity contribution in [1.29, 1.82) is 0 Å². The molecular weight excluding hydrogens is 271 g/mol. The van der Waals surface area contributed by atoms with E-state index in [1.165, 1.54) is 0 Å². The molecule has 3 rings (SSSR count). The minimum Gasteiger partial charge on any atom is -0.352 e. The highest BCUT2D eigenvalue weighted by atomic mass is 19.4. The van der Waals surface area contributed by atoms with Crippen LogP contribution in [0.4, 0.5) is 13.2 Å². The van der Waals surface area contributed by atoms with Crippen LogP contribution in [0.2, 0.25) is 0 Å². The Bertz CT molecular complexity index is 675. The van der Waals surface area contributed by atoms with Gasteiger partial charge >= 0.3 is 6.18 Å². The summed E-state index contributed by atoms with van der Waals surface area (Å²) >= 11 is 0. The lowest BCUT2D eigenvalue weighted by molar-refractivity contribution is -0.127. The Morgan fingerprint density at radius 1 is 1.25 bits per heavy atom. The van der Waals surface area contributed by atoms with Crippen LogP contribution in [-0.2, 0) is 24.2 Å². The van der Waals surface area contributed by atoms with Crippen molar-refractivity contribution in [2.24, 2.45) is 0 Å². The van der Waals surface area contributed by atoms with E-state index in [0.717, 1.165) is 11.1 Å². The number of nitrogens with zero attached hydrogens (tertiary/aromatic N) is 1. The first-order valence-corrected chi connectivity index (χ1v) is 6.25. The van der Waals surface area contributed by atoms with Gasteiger partial charge in [-0.15, -0.1) is 0 Å². The van der Waals surface area contributed by atoms with Crippen LogP contribution in [0, 0.1) is 0 Å². The van der Waals surface area contributed by atoms with E-state index in [4.69, 9.17) is 0 Å². The monoisotopic (exact) mass is 283 g/mol. The third-order valence-corrected chi connectivity index (χ3v) is 3.46. The third kappa shape index (κ3) is 2.35. The molecule has 0 fully saturated rings. The maximum atomic E-state index is 12.6. The summed E-state index contributed by atoms with van der Waals surface area (Å²) in [7, 11) is 0. The van der Waals surface area contributed by atoms with Crippen LogP contribution in [-0.4, -0.2) is 22.3 Å². The first kappa shape index (κ1) is 13.0. The second-order valence-electron chi connectivity index (χ2n) is 4.87. The second kappa shape index (κ2) is 4.50. The number of halogens is 3. The summed E-state index contributed by atoms with van der Waals surface area (Å²) in [6.07, 6.45) is -4.46. The zero-order valence-electron chi connectivity index (χ0n) is 10.5. The van der Waals surface area contributed by atoms with Gasteiger partial charge in [-0.05, 0) is 23.6 Å². The van der Waals surface area contributed by atoms with Gasteiger partial charge in [0.25, 0.3) is 0 Å². The van der Waals surface area contributed by atoms with E-state index in [0.29, 0.717) is 23.7 Å². The Labute approximate surface area is 112 Å². The number of rotatable bonds is 1. The first-order chi connectivity index (χ1) is 9.44. The molecule has 0 bridgehead atoms. The predicted molar refractivity (Wildman–Crippen MR) is 66.0 cm³/mol. The van der Waals surface area contributed by atoms with Crippen LogP contribution < -0.4 is 5.32 Å². The topological polar surface area (TPSA) is 57.8 Å². The van der Waals surface area contributed by atoms with E-state index in [1.54, 1.807) is 6.07 Å². The van der Waals surface area contributed by atoms with Gasteiger partial charge in [0.1, 0.15) is 0 Å². The molecule has 1 amide bonds. The van der Waals surface area contributed by atoms with E-state index in [1.807, 2.05) is 6.07 Å². The molecule has 2 aromatic rings. The summed E-state index contributed by atoms with van der Waals surface area (Å²) in [6, 6.07) is 3.52. The zero-order valence-corrected chi connectivity index (χ0v) is 10.5. The van der Waals surface area contributed by atoms with E-state index in [9.17, 15) is 18.0 Å². The molecule has 1 aliphatic heterocycles. The normalized spacial score (nSPS) is 15.8. The number of alkyl halides is 3. The SMILES string of the molecule is O=C1CCc2ccc3n[nH]c(CC(F)(F)F)c3c2CN1. The number of fused-ring (bicyclic) bond motifs is 3. The fraction of sp³-hybridized carbons (Fsp3) is 0.385. The molecule has 2 heterocycles. The Kier molecular flexibility index (Phi) is 2.92. The number of hydrogen-bond donors (Lipinski definition) is 2. The van der Waals surface area contributed by atoms with Gasteiger partial charge < -0.3 is 5.32 Å². The van der Waals surface area contributed by atoms with Crippen LogP contribution in [0.15, 0.2) is 12.1 Å². The number of aromatic nitrogens is 2. The number of aromatic amines is 1. The van der Waals surface area contributed by atoms with Crippen LogP contribution >= 0.6 is 0 Å². The molecule has 0 unspecified atom stereocenters. The van der Waals surface area contributed by atoms with Crippen LogP contribution in [0.3, 0.4) is 0 Å². The number of H-pyrrole nitrogens is 1. The van der Waals surface area contributed by atoms with Crippen molar-refractivity contribution < 1.29 is 18.0 Å². The third-order valence-electron chi connectivity index (χ3n) is 3.46. The van der Waals surface area contributed by atoms with Crippen LogP contribution in [0.5, 0.6) is 0 Å². The number of benzene rings is 1. The highest BCUT2D eigenvalue weighted by molar-refractivity contribution is 5.88. The molecular formula is C13H12F3N3O. The Balaban J connectivity index is 2.13. The molecule has 0 aliphatic carbocycles. The highest BCUT2D eigenvalue weighted by Crippen LogP contribution is 2.30. The lowest BCUT2D eigenvalue weighted by atomic mass is 9.98. The molecule has 1 aromatic heterocycles. The van der Waals surface area contributed by atoms with Crippen molar-refractivity contribution in [1.82, 2.24) is 15.5 Å². The van der Waals surface area contributed by atoms with Crippen molar-refractivity contribution in [3.05, 3.63) is 29.0 Å². The lowest BCUT2D eigenvalue weighted by Crippen LogP contribution is -2.20. The fourth-order valence-corrected chi connectivity index (χ4v) is 2.58. The maximum Gasteiger partial charge on any atom is 0.394 e. The number of carbonyl (C=O) groups is 1. The molecule has 1 aromatic carbocycles. The highest BCUT2D eigenvalue weighted by Gasteiger charge is 2.30. The average molecular weight is 283 g/mol. The summed E-state index contributed by atoms with van der Waals surface area (Å²) in [5, 5.41) is 9.59. The van der Waals surface area contributed by atoms with Crippen molar-refractivity contribution in [3.63, 3.8) is 0 Å². The molecule has 1 aliphatic rings. The summed E-state index contributed by atoms with van der Waals surface area (Å²) in [6.45, 7) is 0.246. The molecule has 0 saturated heterocycles. The summed E-state index contributed by atoms with van der Waals surface area (Å²) in [5.41, 5.74) is 2.20. The zero-order chi connectivity index (χ0) is 14.3. The number of aryl methyl sites for hydroxylation is 1. The molecule has 0 radical (unpaired) electrons.